The molecule has 0 aromatic carbocycles. The molecular weight excluding hydrogens is 284 g/mol. The van der Waals surface area contributed by atoms with Gasteiger partial charge >= 0.3 is 5.97 Å². The number of hydrogen-bond donors (Lipinski definition) is 1. The second kappa shape index (κ2) is 4.39. The van der Waals surface area contributed by atoms with Gasteiger partial charge in [-0.05, 0) is 18.6 Å². The maximum absolute atomic E-state index is 12.8. The number of ether oxygens (including phenoxy) is 1. The lowest BCUT2D eigenvalue weighted by Gasteiger charge is -2.27. The van der Waals surface area contributed by atoms with Gasteiger partial charge in [0.05, 0.1) is 24.6 Å². The summed E-state index contributed by atoms with van der Waals surface area (Å²) in [5, 5.41) is 9.44. The first-order valence-electron chi connectivity index (χ1n) is 7.34. The Labute approximate surface area is 127 Å². The molecule has 4 heterocycles. The minimum absolute atomic E-state index is 0.143. The first-order chi connectivity index (χ1) is 10.5. The van der Waals surface area contributed by atoms with Crippen molar-refractivity contribution < 1.29 is 19.4 Å². The predicted molar refractivity (Wildman–Crippen MR) is 75.7 cm³/mol. The lowest BCUT2D eigenvalue weighted by Crippen LogP contribution is -2.39. The van der Waals surface area contributed by atoms with Crippen molar-refractivity contribution in [2.45, 2.75) is 24.7 Å². The fourth-order valence-corrected chi connectivity index (χ4v) is 3.94. The van der Waals surface area contributed by atoms with E-state index in [1.54, 1.807) is 23.4 Å². The SMILES string of the molecule is C[C@@H](c1cccnc1)N1C[C@]23C=C[C@@H](O2)[C@H](C(=O)O)[C@@H]3C1=O. The van der Waals surface area contributed by atoms with Crippen molar-refractivity contribution in [1.29, 1.82) is 0 Å². The van der Waals surface area contributed by atoms with Gasteiger partial charge in [0.15, 0.2) is 0 Å². The fourth-order valence-electron chi connectivity index (χ4n) is 3.94. The van der Waals surface area contributed by atoms with Crippen molar-refractivity contribution in [1.82, 2.24) is 9.88 Å². The van der Waals surface area contributed by atoms with E-state index < -0.39 is 29.5 Å². The number of carboxylic acid groups (broad SMARTS) is 1. The van der Waals surface area contributed by atoms with Crippen molar-refractivity contribution >= 4 is 11.9 Å². The van der Waals surface area contributed by atoms with Crippen LogP contribution in [0, 0.1) is 11.8 Å². The smallest absolute Gasteiger partial charge is 0.310 e. The number of nitrogens with zero attached hydrogens (tertiary/aromatic N) is 2. The summed E-state index contributed by atoms with van der Waals surface area (Å²) in [6.45, 7) is 2.32. The molecular formula is C16H16N2O4. The number of carbonyl (C=O) groups excluding carboxylic acids is 1. The number of carbonyl (C=O) groups is 2. The van der Waals surface area contributed by atoms with Gasteiger partial charge in [-0.2, -0.15) is 0 Å². The zero-order chi connectivity index (χ0) is 15.5. The molecule has 0 aliphatic carbocycles. The number of aromatic nitrogens is 1. The largest absolute Gasteiger partial charge is 0.481 e. The Morgan fingerprint density at radius 3 is 3.09 bits per heavy atom. The van der Waals surface area contributed by atoms with E-state index in [1.165, 1.54) is 0 Å². The number of pyridine rings is 1. The molecule has 2 fully saturated rings. The summed E-state index contributed by atoms with van der Waals surface area (Å²) in [7, 11) is 0. The third-order valence-corrected chi connectivity index (χ3v) is 5.05. The van der Waals surface area contributed by atoms with Crippen molar-refractivity contribution in [3.63, 3.8) is 0 Å². The number of hydrogen-bond acceptors (Lipinski definition) is 4. The molecule has 2 bridgehead atoms. The van der Waals surface area contributed by atoms with Gasteiger partial charge in [-0.3, -0.25) is 14.6 Å². The highest BCUT2D eigenvalue weighted by atomic mass is 16.5. The summed E-state index contributed by atoms with van der Waals surface area (Å²) < 4.78 is 5.87. The Morgan fingerprint density at radius 2 is 2.41 bits per heavy atom. The lowest BCUT2D eigenvalue weighted by molar-refractivity contribution is -0.148. The summed E-state index contributed by atoms with van der Waals surface area (Å²) in [5.41, 5.74) is 0.152. The molecule has 4 rings (SSSR count). The standard InChI is InChI=1S/C16H16N2O4/c1-9(10-3-2-6-17-7-10)18-8-16-5-4-11(22-16)12(15(20)21)13(16)14(18)19/h2-7,9,11-13H,8H2,1H3,(H,20,21)/t9-,11+,12-,13+,16-/m0/s1. The second-order valence-corrected chi connectivity index (χ2v) is 6.17. The molecule has 1 aromatic rings. The van der Waals surface area contributed by atoms with E-state index in [9.17, 15) is 14.7 Å². The van der Waals surface area contributed by atoms with Gasteiger partial charge in [0.1, 0.15) is 11.5 Å². The maximum atomic E-state index is 12.8. The Hall–Kier alpha value is -2.21. The summed E-state index contributed by atoms with van der Waals surface area (Å²) >= 11 is 0. The van der Waals surface area contributed by atoms with Crippen LogP contribution in [-0.4, -0.2) is 45.1 Å². The van der Waals surface area contributed by atoms with Gasteiger partial charge in [0, 0.05) is 12.4 Å². The Bertz CT molecular complexity index is 674. The second-order valence-electron chi connectivity index (χ2n) is 6.17. The molecule has 2 saturated heterocycles. The number of aliphatic carboxylic acids is 1. The van der Waals surface area contributed by atoms with Crippen molar-refractivity contribution in [2.75, 3.05) is 6.54 Å². The molecule has 22 heavy (non-hydrogen) atoms. The third kappa shape index (κ3) is 1.61. The number of fused-ring (bicyclic) bond motifs is 1. The molecule has 1 spiro atoms. The molecule has 0 unspecified atom stereocenters. The molecule has 0 radical (unpaired) electrons. The molecule has 1 amide bonds. The summed E-state index contributed by atoms with van der Waals surface area (Å²) in [5.74, 6) is -2.52. The lowest BCUT2D eigenvalue weighted by atomic mass is 9.77. The fraction of sp³-hybridized carbons (Fsp3) is 0.438. The van der Waals surface area contributed by atoms with Crippen LogP contribution in [0.15, 0.2) is 36.7 Å². The van der Waals surface area contributed by atoms with Crippen molar-refractivity contribution in [2.24, 2.45) is 11.8 Å². The maximum Gasteiger partial charge on any atom is 0.310 e. The summed E-state index contributed by atoms with van der Waals surface area (Å²) in [6.07, 6.45) is 6.58. The van der Waals surface area contributed by atoms with Crippen LogP contribution in [0.25, 0.3) is 0 Å². The highest BCUT2D eigenvalue weighted by Crippen LogP contribution is 2.53. The van der Waals surface area contributed by atoms with Crippen molar-refractivity contribution in [3.05, 3.63) is 42.2 Å². The highest BCUT2D eigenvalue weighted by molar-refractivity contribution is 5.91. The van der Waals surface area contributed by atoms with Crippen LogP contribution in [0.2, 0.25) is 0 Å². The average Bonchev–Trinajstić information content (AvgIpc) is 3.15. The van der Waals surface area contributed by atoms with Gasteiger partial charge in [0.25, 0.3) is 0 Å². The average molecular weight is 300 g/mol. The number of carboxylic acids is 1. The minimum atomic E-state index is -0.967. The molecule has 5 atom stereocenters. The molecule has 1 N–H and O–H groups in total. The quantitative estimate of drug-likeness (QED) is 0.843. The van der Waals surface area contributed by atoms with Gasteiger partial charge < -0.3 is 14.7 Å². The normalized spacial score (nSPS) is 36.7. The Balaban J connectivity index is 1.68. The van der Waals surface area contributed by atoms with Crippen LogP contribution < -0.4 is 0 Å². The summed E-state index contributed by atoms with van der Waals surface area (Å²) in [6, 6.07) is 3.58. The van der Waals surface area contributed by atoms with Crippen LogP contribution >= 0.6 is 0 Å². The molecule has 3 aliphatic rings. The Kier molecular flexibility index (Phi) is 2.69. The van der Waals surface area contributed by atoms with E-state index in [-0.39, 0.29) is 11.9 Å². The van der Waals surface area contributed by atoms with Crippen LogP contribution in [0.3, 0.4) is 0 Å². The highest BCUT2D eigenvalue weighted by Gasteiger charge is 2.67. The van der Waals surface area contributed by atoms with E-state index in [4.69, 9.17) is 4.74 Å². The zero-order valence-electron chi connectivity index (χ0n) is 12.0. The van der Waals surface area contributed by atoms with Crippen LogP contribution in [-0.2, 0) is 14.3 Å². The number of amides is 1. The molecule has 114 valence electrons. The van der Waals surface area contributed by atoms with E-state index in [1.807, 2.05) is 25.1 Å². The van der Waals surface area contributed by atoms with Crippen molar-refractivity contribution in [3.8, 4) is 0 Å². The zero-order valence-corrected chi connectivity index (χ0v) is 12.0. The van der Waals surface area contributed by atoms with Gasteiger partial charge in [0.2, 0.25) is 5.91 Å². The molecule has 3 aliphatic heterocycles. The van der Waals surface area contributed by atoms with E-state index in [0.29, 0.717) is 6.54 Å². The summed E-state index contributed by atoms with van der Waals surface area (Å²) in [4.78, 5) is 30.2. The van der Waals surface area contributed by atoms with Crippen LogP contribution in [0.4, 0.5) is 0 Å². The third-order valence-electron chi connectivity index (χ3n) is 5.05. The molecule has 0 saturated carbocycles. The predicted octanol–water partition coefficient (Wildman–Crippen LogP) is 1.01. The van der Waals surface area contributed by atoms with Gasteiger partial charge in [-0.25, -0.2) is 0 Å². The topological polar surface area (TPSA) is 79.7 Å². The van der Waals surface area contributed by atoms with E-state index >= 15 is 0 Å². The molecule has 6 nitrogen and oxygen atoms in total. The number of rotatable bonds is 3. The monoisotopic (exact) mass is 300 g/mol. The Morgan fingerprint density at radius 1 is 1.59 bits per heavy atom. The number of likely N-dealkylation sites (tertiary alicyclic amines) is 1. The van der Waals surface area contributed by atoms with E-state index in [2.05, 4.69) is 4.98 Å². The van der Waals surface area contributed by atoms with Crippen LogP contribution in [0.5, 0.6) is 0 Å². The molecule has 1 aromatic heterocycles. The first kappa shape index (κ1) is 13.5. The van der Waals surface area contributed by atoms with E-state index in [0.717, 1.165) is 5.56 Å². The van der Waals surface area contributed by atoms with Crippen LogP contribution in [0.1, 0.15) is 18.5 Å². The minimum Gasteiger partial charge on any atom is -0.481 e. The van der Waals surface area contributed by atoms with Gasteiger partial charge in [-0.1, -0.05) is 18.2 Å². The van der Waals surface area contributed by atoms with Gasteiger partial charge in [-0.15, -0.1) is 0 Å². The molecule has 6 heteroatoms. The first-order valence-corrected chi connectivity index (χ1v) is 7.34.